The molecule has 2 saturated heterocycles. The minimum absolute atomic E-state index is 0.00826. The quantitative estimate of drug-likeness (QED) is 0.195. The summed E-state index contributed by atoms with van der Waals surface area (Å²) in [5.74, 6) is 2.14. The maximum Gasteiger partial charge on any atom is 0.407 e. The molecule has 1 unspecified atom stereocenters. The molecule has 2 aromatic carbocycles. The highest BCUT2D eigenvalue weighted by Gasteiger charge is 2.36. The highest BCUT2D eigenvalue weighted by atomic mass is 16.5. The van der Waals surface area contributed by atoms with Crippen molar-refractivity contribution in [2.24, 2.45) is 17.8 Å². The first kappa shape index (κ1) is 33.2. The summed E-state index contributed by atoms with van der Waals surface area (Å²) in [6, 6.07) is 14.0. The second kappa shape index (κ2) is 13.8. The van der Waals surface area contributed by atoms with Gasteiger partial charge >= 0.3 is 6.09 Å². The molecule has 2 aliphatic heterocycles. The van der Waals surface area contributed by atoms with Crippen LogP contribution in [-0.4, -0.2) is 80.4 Å². The topological polar surface area (TPSA) is 136 Å². The number of H-pyrrole nitrogens is 2. The first-order valence-corrected chi connectivity index (χ1v) is 17.1. The monoisotopic (exact) mass is 653 g/mol. The SMILES string of the molecule is COC(=O)N[C@H](C(=O)N1CCC(c2nc3ccc(-c4ccc(-c5cnc([C@@H]6CCCN6C(=O)[C@@H](C)C(C)C)[nH]5)cc4)cc3[nH]2)C1)C(C)C. The van der Waals surface area contributed by atoms with Gasteiger partial charge in [0.1, 0.15) is 17.7 Å². The number of nitrogens with zero attached hydrogens (tertiary/aromatic N) is 4. The van der Waals surface area contributed by atoms with Gasteiger partial charge in [-0.2, -0.15) is 0 Å². The second-order valence-corrected chi connectivity index (χ2v) is 14.0. The molecule has 3 amide bonds. The first-order chi connectivity index (χ1) is 23.0. The lowest BCUT2D eigenvalue weighted by Gasteiger charge is -2.27. The highest BCUT2D eigenvalue weighted by molar-refractivity contribution is 5.86. The molecular formula is C37H47N7O4. The number of imidazole rings is 2. The van der Waals surface area contributed by atoms with Crippen LogP contribution in [0.3, 0.4) is 0 Å². The van der Waals surface area contributed by atoms with E-state index in [4.69, 9.17) is 14.7 Å². The van der Waals surface area contributed by atoms with E-state index in [1.807, 2.05) is 42.8 Å². The van der Waals surface area contributed by atoms with E-state index in [0.717, 1.165) is 70.9 Å². The molecule has 0 saturated carbocycles. The Hall–Kier alpha value is -4.67. The number of likely N-dealkylation sites (tertiary alicyclic amines) is 2. The van der Waals surface area contributed by atoms with E-state index < -0.39 is 12.1 Å². The molecule has 4 atom stereocenters. The number of amides is 3. The molecule has 0 aliphatic carbocycles. The molecule has 4 aromatic rings. The van der Waals surface area contributed by atoms with Crippen molar-refractivity contribution in [3.63, 3.8) is 0 Å². The van der Waals surface area contributed by atoms with Gasteiger partial charge in [-0.05, 0) is 59.9 Å². The molecule has 0 radical (unpaired) electrons. The summed E-state index contributed by atoms with van der Waals surface area (Å²) in [5, 5.41) is 2.68. The fraction of sp³-hybridized carbons (Fsp3) is 0.486. The van der Waals surface area contributed by atoms with Gasteiger partial charge in [0.15, 0.2) is 0 Å². The van der Waals surface area contributed by atoms with Gasteiger partial charge in [-0.3, -0.25) is 9.59 Å². The van der Waals surface area contributed by atoms with Gasteiger partial charge in [0, 0.05) is 31.5 Å². The number of nitrogens with one attached hydrogen (secondary N) is 3. The average molecular weight is 654 g/mol. The van der Waals surface area contributed by atoms with Crippen molar-refractivity contribution in [1.29, 1.82) is 0 Å². The van der Waals surface area contributed by atoms with E-state index >= 15 is 0 Å². The van der Waals surface area contributed by atoms with Crippen LogP contribution in [0.25, 0.3) is 33.4 Å². The third kappa shape index (κ3) is 6.68. The number of alkyl carbamates (subject to hydrolysis) is 1. The van der Waals surface area contributed by atoms with E-state index in [2.05, 4.69) is 65.5 Å². The number of aromatic amines is 2. The Morgan fingerprint density at radius 2 is 1.60 bits per heavy atom. The summed E-state index contributed by atoms with van der Waals surface area (Å²) < 4.78 is 4.72. The van der Waals surface area contributed by atoms with Crippen molar-refractivity contribution in [1.82, 2.24) is 35.1 Å². The van der Waals surface area contributed by atoms with Crippen molar-refractivity contribution in [3.05, 3.63) is 60.3 Å². The minimum atomic E-state index is -0.636. The van der Waals surface area contributed by atoms with Crippen LogP contribution in [0.5, 0.6) is 0 Å². The summed E-state index contributed by atoms with van der Waals surface area (Å²) in [7, 11) is 1.30. The highest BCUT2D eigenvalue weighted by Crippen LogP contribution is 2.35. The van der Waals surface area contributed by atoms with Crippen LogP contribution in [0.2, 0.25) is 0 Å². The Balaban J connectivity index is 1.12. The van der Waals surface area contributed by atoms with E-state index in [-0.39, 0.29) is 35.6 Å². The smallest absolute Gasteiger partial charge is 0.407 e. The number of rotatable bonds is 9. The molecule has 2 aromatic heterocycles. The number of aromatic nitrogens is 4. The number of fused-ring (bicyclic) bond motifs is 1. The van der Waals surface area contributed by atoms with Crippen LogP contribution in [0.4, 0.5) is 4.79 Å². The number of carbonyl (C=O) groups is 3. The van der Waals surface area contributed by atoms with Gasteiger partial charge in [0.25, 0.3) is 0 Å². The first-order valence-electron chi connectivity index (χ1n) is 17.1. The van der Waals surface area contributed by atoms with Crippen molar-refractivity contribution in [3.8, 4) is 22.4 Å². The predicted molar refractivity (Wildman–Crippen MR) is 185 cm³/mol. The van der Waals surface area contributed by atoms with Crippen LogP contribution in [-0.2, 0) is 14.3 Å². The molecule has 2 fully saturated rings. The van der Waals surface area contributed by atoms with Crippen molar-refractivity contribution >= 4 is 28.9 Å². The summed E-state index contributed by atoms with van der Waals surface area (Å²) in [6.07, 6.45) is 3.97. The lowest BCUT2D eigenvalue weighted by atomic mass is 9.96. The van der Waals surface area contributed by atoms with Crippen LogP contribution in [0, 0.1) is 17.8 Å². The molecule has 0 bridgehead atoms. The number of ether oxygens (including phenoxy) is 1. The van der Waals surface area contributed by atoms with Crippen molar-refractivity contribution in [2.75, 3.05) is 26.7 Å². The lowest BCUT2D eigenvalue weighted by molar-refractivity contribution is -0.137. The molecule has 6 rings (SSSR count). The number of hydrogen-bond acceptors (Lipinski definition) is 6. The number of benzene rings is 2. The molecule has 254 valence electrons. The fourth-order valence-corrected chi connectivity index (χ4v) is 6.84. The van der Waals surface area contributed by atoms with Crippen LogP contribution in [0.1, 0.15) is 77.5 Å². The molecule has 2 aliphatic rings. The van der Waals surface area contributed by atoms with Gasteiger partial charge in [-0.15, -0.1) is 0 Å². The Morgan fingerprint density at radius 1 is 0.875 bits per heavy atom. The van der Waals surface area contributed by atoms with E-state index in [1.165, 1.54) is 7.11 Å². The molecule has 3 N–H and O–H groups in total. The molecule has 0 spiro atoms. The lowest BCUT2D eigenvalue weighted by Crippen LogP contribution is -2.50. The zero-order chi connectivity index (χ0) is 34.1. The predicted octanol–water partition coefficient (Wildman–Crippen LogP) is 6.27. The molecular weight excluding hydrogens is 606 g/mol. The Labute approximate surface area is 281 Å². The minimum Gasteiger partial charge on any atom is -0.453 e. The average Bonchev–Trinajstić information content (AvgIpc) is 3.91. The fourth-order valence-electron chi connectivity index (χ4n) is 6.84. The van der Waals surface area contributed by atoms with E-state index in [1.54, 1.807) is 0 Å². The van der Waals surface area contributed by atoms with Gasteiger partial charge in [-0.1, -0.05) is 65.0 Å². The van der Waals surface area contributed by atoms with Crippen molar-refractivity contribution in [2.45, 2.75) is 71.9 Å². The Morgan fingerprint density at radius 3 is 2.31 bits per heavy atom. The molecule has 11 heteroatoms. The van der Waals surface area contributed by atoms with Crippen LogP contribution < -0.4 is 5.32 Å². The third-order valence-corrected chi connectivity index (χ3v) is 10.1. The second-order valence-electron chi connectivity index (χ2n) is 14.0. The molecule has 11 nitrogen and oxygen atoms in total. The van der Waals surface area contributed by atoms with E-state index in [0.29, 0.717) is 19.0 Å². The number of carbonyl (C=O) groups excluding carboxylic acids is 3. The van der Waals surface area contributed by atoms with Gasteiger partial charge in [-0.25, -0.2) is 14.8 Å². The van der Waals surface area contributed by atoms with Crippen molar-refractivity contribution < 1.29 is 19.1 Å². The van der Waals surface area contributed by atoms with Gasteiger partial charge in [0.05, 0.1) is 36.1 Å². The third-order valence-electron chi connectivity index (χ3n) is 10.1. The summed E-state index contributed by atoms with van der Waals surface area (Å²) in [5.41, 5.74) is 5.97. The maximum atomic E-state index is 13.2. The normalized spacial score (nSPS) is 19.3. The Bertz CT molecular complexity index is 1780. The number of methoxy groups -OCH3 is 1. The maximum absolute atomic E-state index is 13.2. The van der Waals surface area contributed by atoms with Gasteiger partial charge in [0.2, 0.25) is 11.8 Å². The number of hydrogen-bond donors (Lipinski definition) is 3. The molecule has 4 heterocycles. The van der Waals surface area contributed by atoms with Gasteiger partial charge < -0.3 is 29.8 Å². The largest absolute Gasteiger partial charge is 0.453 e. The summed E-state index contributed by atoms with van der Waals surface area (Å²) in [6.45, 7) is 12.0. The Kier molecular flexibility index (Phi) is 9.57. The zero-order valence-corrected chi connectivity index (χ0v) is 28.7. The summed E-state index contributed by atoms with van der Waals surface area (Å²) >= 11 is 0. The zero-order valence-electron chi connectivity index (χ0n) is 28.7. The molecule has 48 heavy (non-hydrogen) atoms. The van der Waals surface area contributed by atoms with Crippen LogP contribution in [0.15, 0.2) is 48.7 Å². The van der Waals surface area contributed by atoms with Crippen LogP contribution >= 0.6 is 0 Å². The van der Waals surface area contributed by atoms with E-state index in [9.17, 15) is 14.4 Å². The standard InChI is InChI=1S/C37H47N7O4/c1-21(2)23(5)35(45)44-16-7-8-31(44)34-38-19-30(41-34)25-11-9-24(10-12-25)26-13-14-28-29(18-26)40-33(39-28)27-15-17-43(20-27)36(46)32(22(3)4)42-37(47)48-6/h9-14,18-19,21-23,27,31-32H,7-8,15-17,20H2,1-6H3,(H,38,41)(H,39,40)(H,42,47)/t23-,27?,31-,32-/m0/s1. The summed E-state index contributed by atoms with van der Waals surface area (Å²) in [4.78, 5) is 58.6.